The van der Waals surface area contributed by atoms with E-state index in [0.29, 0.717) is 0 Å². The van der Waals surface area contributed by atoms with Crippen LogP contribution in [0.25, 0.3) is 0 Å². The number of thiophene rings is 1. The zero-order valence-corrected chi connectivity index (χ0v) is 13.2. The molecule has 2 aromatic heterocycles. The van der Waals surface area contributed by atoms with E-state index in [1.807, 2.05) is 18.3 Å². The normalized spacial score (nSPS) is 20.1. The molecule has 0 spiro atoms. The molecule has 0 bridgehead atoms. The van der Waals surface area contributed by atoms with Gasteiger partial charge in [-0.25, -0.2) is 0 Å². The summed E-state index contributed by atoms with van der Waals surface area (Å²) in [5.74, 6) is 0.134. The lowest BCUT2D eigenvalue weighted by molar-refractivity contribution is 0.137. The number of aryl methyl sites for hydroxylation is 2. The highest BCUT2D eigenvalue weighted by molar-refractivity contribution is 9.10. The summed E-state index contributed by atoms with van der Waals surface area (Å²) < 4.78 is 1.09. The van der Waals surface area contributed by atoms with E-state index in [9.17, 15) is 5.11 Å². The summed E-state index contributed by atoms with van der Waals surface area (Å²) in [4.78, 5) is 6.76. The fraction of sp³-hybridized carbons (Fsp3) is 0.400. The van der Waals surface area contributed by atoms with Crippen molar-refractivity contribution in [2.24, 2.45) is 0 Å². The molecule has 3 rings (SSSR count). The monoisotopic (exact) mass is 337 g/mol. The summed E-state index contributed by atoms with van der Waals surface area (Å²) >= 11 is 5.19. The van der Waals surface area contributed by atoms with Crippen LogP contribution in [0.1, 0.15) is 45.9 Å². The minimum Gasteiger partial charge on any atom is -0.387 e. The summed E-state index contributed by atoms with van der Waals surface area (Å²) in [6.45, 7) is 2.07. The molecule has 2 nitrogen and oxygen atoms in total. The highest BCUT2D eigenvalue weighted by Crippen LogP contribution is 2.42. The van der Waals surface area contributed by atoms with Crippen LogP contribution in [0.15, 0.2) is 28.9 Å². The summed E-state index contributed by atoms with van der Waals surface area (Å²) in [5.41, 5.74) is 2.38. The second-order valence-electron chi connectivity index (χ2n) is 5.04. The molecule has 0 radical (unpaired) electrons. The standard InChI is InChI=1S/C15H16BrNOS/c1-9-12(16)8-13(19-9)15(18)11-6-2-4-10-5-3-7-17-14(10)11/h3,5,7-8,11,15,18H,2,4,6H2,1H3. The fourth-order valence-corrected chi connectivity index (χ4v) is 4.39. The SMILES string of the molecule is Cc1sc(C(O)C2CCCc3cccnc32)cc1Br. The average molecular weight is 338 g/mol. The topological polar surface area (TPSA) is 33.1 Å². The van der Waals surface area contributed by atoms with Crippen molar-refractivity contribution in [3.63, 3.8) is 0 Å². The van der Waals surface area contributed by atoms with Crippen LogP contribution in [0.3, 0.4) is 0 Å². The van der Waals surface area contributed by atoms with Crippen molar-refractivity contribution in [1.29, 1.82) is 0 Å². The van der Waals surface area contributed by atoms with Gasteiger partial charge in [0.05, 0.1) is 6.10 Å². The van der Waals surface area contributed by atoms with E-state index in [4.69, 9.17) is 0 Å². The van der Waals surface area contributed by atoms with Gasteiger partial charge in [-0.3, -0.25) is 4.98 Å². The number of aliphatic hydroxyl groups excluding tert-OH is 1. The van der Waals surface area contributed by atoms with E-state index in [-0.39, 0.29) is 5.92 Å². The third-order valence-electron chi connectivity index (χ3n) is 3.79. The predicted molar refractivity (Wildman–Crippen MR) is 81.6 cm³/mol. The van der Waals surface area contributed by atoms with E-state index in [1.165, 1.54) is 10.4 Å². The molecule has 1 aliphatic rings. The van der Waals surface area contributed by atoms with Gasteiger partial charge in [0.25, 0.3) is 0 Å². The molecule has 4 heteroatoms. The molecule has 1 aliphatic carbocycles. The van der Waals surface area contributed by atoms with Gasteiger partial charge < -0.3 is 5.11 Å². The predicted octanol–water partition coefficient (Wildman–Crippen LogP) is 4.37. The molecule has 2 aromatic rings. The maximum Gasteiger partial charge on any atom is 0.0965 e. The first-order chi connectivity index (χ1) is 9.16. The first-order valence-corrected chi connectivity index (χ1v) is 8.15. The Morgan fingerprint density at radius 2 is 2.37 bits per heavy atom. The van der Waals surface area contributed by atoms with Crippen molar-refractivity contribution < 1.29 is 5.11 Å². The number of aliphatic hydroxyl groups is 1. The first-order valence-electron chi connectivity index (χ1n) is 6.54. The van der Waals surface area contributed by atoms with Crippen LogP contribution in [0.5, 0.6) is 0 Å². The van der Waals surface area contributed by atoms with Crippen LogP contribution in [0.2, 0.25) is 0 Å². The van der Waals surface area contributed by atoms with Crippen LogP contribution in [0, 0.1) is 6.92 Å². The van der Waals surface area contributed by atoms with Gasteiger partial charge in [-0.1, -0.05) is 6.07 Å². The molecule has 0 aliphatic heterocycles. The summed E-state index contributed by atoms with van der Waals surface area (Å²) in [6, 6.07) is 6.16. The third kappa shape index (κ3) is 2.49. The summed E-state index contributed by atoms with van der Waals surface area (Å²) in [6.07, 6.45) is 4.62. The number of fused-ring (bicyclic) bond motifs is 1. The van der Waals surface area contributed by atoms with E-state index >= 15 is 0 Å². The second-order valence-corrected chi connectivity index (χ2v) is 7.19. The molecular formula is C15H16BrNOS. The largest absolute Gasteiger partial charge is 0.387 e. The smallest absolute Gasteiger partial charge is 0.0965 e. The number of pyridine rings is 1. The van der Waals surface area contributed by atoms with E-state index in [2.05, 4.69) is 33.9 Å². The van der Waals surface area contributed by atoms with Gasteiger partial charge in [-0.05, 0) is 59.8 Å². The number of aromatic nitrogens is 1. The molecule has 0 aromatic carbocycles. The maximum absolute atomic E-state index is 10.7. The molecule has 0 fully saturated rings. The van der Waals surface area contributed by atoms with Crippen LogP contribution >= 0.6 is 27.3 Å². The van der Waals surface area contributed by atoms with Gasteiger partial charge in [0.15, 0.2) is 0 Å². The zero-order valence-electron chi connectivity index (χ0n) is 10.8. The van der Waals surface area contributed by atoms with Gasteiger partial charge >= 0.3 is 0 Å². The van der Waals surface area contributed by atoms with Gasteiger partial charge in [-0.2, -0.15) is 0 Å². The maximum atomic E-state index is 10.7. The van der Waals surface area contributed by atoms with Crippen LogP contribution in [0.4, 0.5) is 0 Å². The van der Waals surface area contributed by atoms with Gasteiger partial charge in [0.1, 0.15) is 0 Å². The summed E-state index contributed by atoms with van der Waals surface area (Å²) in [5, 5.41) is 10.7. The number of halogens is 1. The molecule has 0 saturated carbocycles. The fourth-order valence-electron chi connectivity index (χ4n) is 2.78. The Labute approximate surface area is 125 Å². The Bertz CT molecular complexity index is 576. The van der Waals surface area contributed by atoms with Crippen molar-refractivity contribution in [2.75, 3.05) is 0 Å². The molecule has 2 heterocycles. The second kappa shape index (κ2) is 5.35. The van der Waals surface area contributed by atoms with Crippen molar-refractivity contribution in [2.45, 2.75) is 38.2 Å². The minimum atomic E-state index is -0.441. The van der Waals surface area contributed by atoms with E-state index in [0.717, 1.165) is 34.3 Å². The summed E-state index contributed by atoms with van der Waals surface area (Å²) in [7, 11) is 0. The van der Waals surface area contributed by atoms with Crippen molar-refractivity contribution in [3.05, 3.63) is 49.9 Å². The van der Waals surface area contributed by atoms with Crippen molar-refractivity contribution in [3.8, 4) is 0 Å². The first kappa shape index (κ1) is 13.3. The number of hydrogen-bond donors (Lipinski definition) is 1. The van der Waals surface area contributed by atoms with Crippen LogP contribution < -0.4 is 0 Å². The number of rotatable bonds is 2. The Kier molecular flexibility index (Phi) is 3.74. The average Bonchev–Trinajstić information content (AvgIpc) is 2.77. The highest BCUT2D eigenvalue weighted by Gasteiger charge is 2.29. The van der Waals surface area contributed by atoms with E-state index in [1.54, 1.807) is 11.3 Å². The Morgan fingerprint density at radius 1 is 1.53 bits per heavy atom. The lowest BCUT2D eigenvalue weighted by Crippen LogP contribution is -2.18. The van der Waals surface area contributed by atoms with Gasteiger partial charge in [0.2, 0.25) is 0 Å². The molecule has 0 saturated heterocycles. The zero-order chi connectivity index (χ0) is 13.4. The molecule has 19 heavy (non-hydrogen) atoms. The Hall–Kier alpha value is -0.710. The molecule has 2 atom stereocenters. The molecular weight excluding hydrogens is 322 g/mol. The lowest BCUT2D eigenvalue weighted by atomic mass is 9.83. The molecule has 100 valence electrons. The number of nitrogens with zero attached hydrogens (tertiary/aromatic N) is 1. The Balaban J connectivity index is 1.95. The lowest BCUT2D eigenvalue weighted by Gasteiger charge is -2.27. The number of hydrogen-bond acceptors (Lipinski definition) is 3. The van der Waals surface area contributed by atoms with Gasteiger partial charge in [-0.15, -0.1) is 11.3 Å². The molecule has 0 amide bonds. The van der Waals surface area contributed by atoms with Crippen molar-refractivity contribution >= 4 is 27.3 Å². The quantitative estimate of drug-likeness (QED) is 0.882. The Morgan fingerprint density at radius 3 is 3.11 bits per heavy atom. The van der Waals surface area contributed by atoms with Crippen LogP contribution in [-0.2, 0) is 6.42 Å². The minimum absolute atomic E-state index is 0.134. The highest BCUT2D eigenvalue weighted by atomic mass is 79.9. The van der Waals surface area contributed by atoms with Crippen molar-refractivity contribution in [1.82, 2.24) is 4.98 Å². The van der Waals surface area contributed by atoms with Gasteiger partial charge in [0, 0.05) is 32.0 Å². The molecule has 1 N–H and O–H groups in total. The van der Waals surface area contributed by atoms with E-state index < -0.39 is 6.10 Å². The third-order valence-corrected chi connectivity index (χ3v) is 5.99. The van der Waals surface area contributed by atoms with Crippen LogP contribution in [-0.4, -0.2) is 10.1 Å². The molecule has 2 unspecified atom stereocenters.